The van der Waals surface area contributed by atoms with Crippen molar-refractivity contribution in [2.45, 2.75) is 25.5 Å². The number of halogens is 2. The monoisotopic (exact) mass is 530 g/mol. The molecule has 0 amide bonds. The number of hydrogen-bond donors (Lipinski definition) is 3. The molecular formula is C21H28FIN4O3. The normalized spacial score (nSPS) is 14.8. The van der Waals surface area contributed by atoms with Gasteiger partial charge in [-0.15, -0.1) is 24.0 Å². The van der Waals surface area contributed by atoms with E-state index in [2.05, 4.69) is 10.3 Å². The standard InChI is InChI=1S/C21H27FN4O3.HI/c1-28-19-6-4-15(12-20(19)29-2)25-21(23)24-13-14-3-5-18(17(22)11-14)26-9-7-16(27)8-10-26;/h3-6,11-12,16,27H,7-10,13H2,1-2H3,(H3,23,24,25);1H. The second-order valence-electron chi connectivity index (χ2n) is 6.90. The first-order chi connectivity index (χ1) is 14.0. The van der Waals surface area contributed by atoms with Gasteiger partial charge in [0.05, 0.1) is 32.6 Å². The van der Waals surface area contributed by atoms with Crippen molar-refractivity contribution in [2.24, 2.45) is 10.7 Å². The van der Waals surface area contributed by atoms with E-state index in [1.165, 1.54) is 6.07 Å². The van der Waals surface area contributed by atoms with Crippen molar-refractivity contribution in [3.63, 3.8) is 0 Å². The average Bonchev–Trinajstić information content (AvgIpc) is 2.73. The van der Waals surface area contributed by atoms with Crippen molar-refractivity contribution in [1.29, 1.82) is 0 Å². The van der Waals surface area contributed by atoms with Crippen LogP contribution < -0.4 is 25.4 Å². The van der Waals surface area contributed by atoms with E-state index in [1.54, 1.807) is 38.5 Å². The molecule has 4 N–H and O–H groups in total. The van der Waals surface area contributed by atoms with E-state index < -0.39 is 0 Å². The van der Waals surface area contributed by atoms with Gasteiger partial charge in [0.25, 0.3) is 0 Å². The van der Waals surface area contributed by atoms with Gasteiger partial charge in [-0.2, -0.15) is 0 Å². The molecule has 0 spiro atoms. The molecule has 30 heavy (non-hydrogen) atoms. The number of hydrogen-bond acceptors (Lipinski definition) is 5. The molecule has 2 aromatic carbocycles. The Labute approximate surface area is 193 Å². The fraction of sp³-hybridized carbons (Fsp3) is 0.381. The Morgan fingerprint density at radius 2 is 1.87 bits per heavy atom. The Hall–Kier alpha value is -2.27. The van der Waals surface area contributed by atoms with Crippen molar-refractivity contribution in [2.75, 3.05) is 37.5 Å². The Morgan fingerprint density at radius 1 is 1.17 bits per heavy atom. The minimum atomic E-state index is -0.291. The molecule has 1 aliphatic rings. The molecule has 1 saturated heterocycles. The van der Waals surface area contributed by atoms with Gasteiger partial charge >= 0.3 is 0 Å². The minimum Gasteiger partial charge on any atom is -0.493 e. The number of nitrogens with two attached hydrogens (primary N) is 1. The highest BCUT2D eigenvalue weighted by atomic mass is 127. The van der Waals surface area contributed by atoms with E-state index in [1.807, 2.05) is 11.0 Å². The SMILES string of the molecule is COc1ccc(NC(N)=NCc2ccc(N3CCC(O)CC3)c(F)c2)cc1OC.I. The fourth-order valence-corrected chi connectivity index (χ4v) is 3.29. The number of rotatable bonds is 6. The van der Waals surface area contributed by atoms with Crippen molar-refractivity contribution in [3.05, 3.63) is 47.8 Å². The first-order valence-corrected chi connectivity index (χ1v) is 9.50. The topological polar surface area (TPSA) is 92.3 Å². The van der Waals surface area contributed by atoms with E-state index >= 15 is 0 Å². The second-order valence-corrected chi connectivity index (χ2v) is 6.90. The lowest BCUT2D eigenvalue weighted by Gasteiger charge is -2.31. The number of piperidine rings is 1. The molecule has 0 bridgehead atoms. The molecular weight excluding hydrogens is 502 g/mol. The summed E-state index contributed by atoms with van der Waals surface area (Å²) in [5, 5.41) is 12.6. The van der Waals surface area contributed by atoms with Gasteiger partial charge in [-0.3, -0.25) is 0 Å². The van der Waals surface area contributed by atoms with Crippen LogP contribution in [-0.4, -0.2) is 44.5 Å². The molecule has 3 rings (SSSR count). The number of methoxy groups -OCH3 is 2. The molecule has 0 aromatic heterocycles. The summed E-state index contributed by atoms with van der Waals surface area (Å²) in [5.41, 5.74) is 7.94. The van der Waals surface area contributed by atoms with Crippen LogP contribution in [0.5, 0.6) is 11.5 Å². The zero-order chi connectivity index (χ0) is 20.8. The number of anilines is 2. The van der Waals surface area contributed by atoms with Gasteiger partial charge in [0.2, 0.25) is 0 Å². The quantitative estimate of drug-likeness (QED) is 0.302. The molecule has 0 atom stereocenters. The number of aliphatic hydroxyl groups is 1. The van der Waals surface area contributed by atoms with E-state index in [9.17, 15) is 9.50 Å². The van der Waals surface area contributed by atoms with Crippen LogP contribution in [0.4, 0.5) is 15.8 Å². The summed E-state index contributed by atoms with van der Waals surface area (Å²) in [4.78, 5) is 6.24. The number of ether oxygens (including phenoxy) is 2. The van der Waals surface area contributed by atoms with E-state index in [0.29, 0.717) is 48.8 Å². The molecule has 9 heteroatoms. The summed E-state index contributed by atoms with van der Waals surface area (Å²) in [5.74, 6) is 1.12. The maximum atomic E-state index is 14.5. The largest absolute Gasteiger partial charge is 0.493 e. The van der Waals surface area contributed by atoms with E-state index in [4.69, 9.17) is 15.2 Å². The Morgan fingerprint density at radius 3 is 2.50 bits per heavy atom. The lowest BCUT2D eigenvalue weighted by Crippen LogP contribution is -2.36. The second kappa shape index (κ2) is 11.2. The fourth-order valence-electron chi connectivity index (χ4n) is 3.29. The zero-order valence-corrected chi connectivity index (χ0v) is 19.4. The van der Waals surface area contributed by atoms with Gasteiger partial charge in [-0.25, -0.2) is 9.38 Å². The van der Waals surface area contributed by atoms with Gasteiger partial charge in [0.15, 0.2) is 17.5 Å². The Kier molecular flexibility index (Phi) is 8.97. The van der Waals surface area contributed by atoms with Gasteiger partial charge in [0.1, 0.15) is 5.82 Å². The van der Waals surface area contributed by atoms with Crippen molar-refractivity contribution in [3.8, 4) is 11.5 Å². The molecule has 0 unspecified atom stereocenters. The summed E-state index contributed by atoms with van der Waals surface area (Å²) >= 11 is 0. The zero-order valence-electron chi connectivity index (χ0n) is 17.1. The predicted octanol–water partition coefficient (Wildman–Crippen LogP) is 3.35. The molecule has 1 fully saturated rings. The van der Waals surface area contributed by atoms with E-state index in [0.717, 1.165) is 5.56 Å². The predicted molar refractivity (Wildman–Crippen MR) is 128 cm³/mol. The number of aliphatic hydroxyl groups excluding tert-OH is 1. The van der Waals surface area contributed by atoms with Crippen LogP contribution >= 0.6 is 24.0 Å². The molecule has 2 aromatic rings. The van der Waals surface area contributed by atoms with E-state index in [-0.39, 0.29) is 48.4 Å². The van der Waals surface area contributed by atoms with Crippen LogP contribution in [0.2, 0.25) is 0 Å². The minimum absolute atomic E-state index is 0. The van der Waals surface area contributed by atoms with Crippen molar-refractivity contribution < 1.29 is 19.0 Å². The Bertz CT molecular complexity index is 873. The van der Waals surface area contributed by atoms with Gasteiger partial charge in [-0.05, 0) is 42.7 Å². The third-order valence-corrected chi connectivity index (χ3v) is 4.91. The van der Waals surface area contributed by atoms with Crippen LogP contribution in [0.1, 0.15) is 18.4 Å². The number of guanidine groups is 1. The maximum Gasteiger partial charge on any atom is 0.193 e. The molecule has 0 radical (unpaired) electrons. The first-order valence-electron chi connectivity index (χ1n) is 9.50. The summed E-state index contributed by atoms with van der Waals surface area (Å²) < 4.78 is 25.0. The van der Waals surface area contributed by atoms with Crippen molar-refractivity contribution >= 4 is 41.3 Å². The first kappa shape index (κ1) is 24.0. The third-order valence-electron chi connectivity index (χ3n) is 4.91. The molecule has 1 heterocycles. The maximum absolute atomic E-state index is 14.5. The molecule has 0 saturated carbocycles. The summed E-state index contributed by atoms with van der Waals surface area (Å²) in [6.07, 6.45) is 1.03. The summed E-state index contributed by atoms with van der Waals surface area (Å²) in [6.45, 7) is 1.55. The van der Waals surface area contributed by atoms with Gasteiger partial charge in [-0.1, -0.05) is 6.07 Å². The number of benzene rings is 2. The van der Waals surface area contributed by atoms with Crippen LogP contribution in [0, 0.1) is 5.82 Å². The third kappa shape index (κ3) is 6.11. The Balaban J connectivity index is 0.00000320. The smallest absolute Gasteiger partial charge is 0.193 e. The van der Waals surface area contributed by atoms with Crippen LogP contribution in [0.25, 0.3) is 0 Å². The molecule has 164 valence electrons. The molecule has 1 aliphatic heterocycles. The van der Waals surface area contributed by atoms with Crippen LogP contribution in [0.15, 0.2) is 41.4 Å². The summed E-state index contributed by atoms with van der Waals surface area (Å²) in [6, 6.07) is 10.4. The summed E-state index contributed by atoms with van der Waals surface area (Å²) in [7, 11) is 3.13. The molecule has 0 aliphatic carbocycles. The van der Waals surface area contributed by atoms with Crippen LogP contribution in [-0.2, 0) is 6.54 Å². The molecule has 7 nitrogen and oxygen atoms in total. The lowest BCUT2D eigenvalue weighted by molar-refractivity contribution is 0.145. The number of aliphatic imine (C=N–C) groups is 1. The van der Waals surface area contributed by atoms with Crippen molar-refractivity contribution in [1.82, 2.24) is 0 Å². The lowest BCUT2D eigenvalue weighted by atomic mass is 10.1. The highest BCUT2D eigenvalue weighted by Gasteiger charge is 2.19. The average molecular weight is 530 g/mol. The highest BCUT2D eigenvalue weighted by molar-refractivity contribution is 14.0. The highest BCUT2D eigenvalue weighted by Crippen LogP contribution is 2.29. The number of nitrogens with one attached hydrogen (secondary N) is 1. The van der Waals surface area contributed by atoms with Gasteiger partial charge < -0.3 is 30.5 Å². The van der Waals surface area contributed by atoms with Crippen LogP contribution in [0.3, 0.4) is 0 Å². The number of nitrogens with zero attached hydrogens (tertiary/aromatic N) is 2. The van der Waals surface area contributed by atoms with Gasteiger partial charge in [0, 0.05) is 24.8 Å².